The molecule has 2 aromatic rings. The van der Waals surface area contributed by atoms with E-state index in [1.54, 1.807) is 4.68 Å². The Morgan fingerprint density at radius 1 is 1.36 bits per heavy atom. The highest BCUT2D eigenvalue weighted by atomic mass is 16.2. The molecule has 1 fully saturated rings. The van der Waals surface area contributed by atoms with Crippen LogP contribution >= 0.6 is 0 Å². The van der Waals surface area contributed by atoms with Crippen LogP contribution < -0.4 is 5.32 Å². The molecule has 1 N–H and O–H groups in total. The van der Waals surface area contributed by atoms with E-state index >= 15 is 0 Å². The molecule has 0 saturated carbocycles. The Morgan fingerprint density at radius 3 is 2.96 bits per heavy atom. The highest BCUT2D eigenvalue weighted by Gasteiger charge is 2.31. The molecular formula is C20H30N4O. The molecule has 5 heteroatoms. The van der Waals surface area contributed by atoms with Crippen LogP contribution in [0.4, 0.5) is 0 Å². The van der Waals surface area contributed by atoms with Gasteiger partial charge >= 0.3 is 0 Å². The molecule has 1 aromatic carbocycles. The molecule has 0 spiro atoms. The second-order valence-corrected chi connectivity index (χ2v) is 7.81. The van der Waals surface area contributed by atoms with Crippen molar-refractivity contribution in [3.63, 3.8) is 0 Å². The highest BCUT2D eigenvalue weighted by Crippen LogP contribution is 2.25. The van der Waals surface area contributed by atoms with E-state index in [0.29, 0.717) is 6.54 Å². The van der Waals surface area contributed by atoms with Gasteiger partial charge in [-0.05, 0) is 45.2 Å². The number of hydrogen-bond donors (Lipinski definition) is 1. The van der Waals surface area contributed by atoms with Gasteiger partial charge in [0.2, 0.25) is 5.91 Å². The number of hydrogen-bond acceptors (Lipinski definition) is 3. The van der Waals surface area contributed by atoms with Crippen LogP contribution in [0.2, 0.25) is 0 Å². The maximum absolute atomic E-state index is 12.4. The van der Waals surface area contributed by atoms with E-state index in [9.17, 15) is 4.79 Å². The quantitative estimate of drug-likeness (QED) is 0.878. The highest BCUT2D eigenvalue weighted by molar-refractivity contribution is 5.81. The Bertz CT molecular complexity index is 721. The first-order valence-corrected chi connectivity index (χ1v) is 9.42. The molecule has 1 aromatic heterocycles. The fraction of sp³-hybridized carbons (Fsp3) is 0.600. The summed E-state index contributed by atoms with van der Waals surface area (Å²) in [5, 5.41) is 8.52. The molecule has 0 radical (unpaired) electrons. The molecular weight excluding hydrogens is 312 g/mol. The molecule has 5 nitrogen and oxygen atoms in total. The van der Waals surface area contributed by atoms with Crippen LogP contribution in [0.5, 0.6) is 0 Å². The van der Waals surface area contributed by atoms with Crippen LogP contribution in [0.3, 0.4) is 0 Å². The minimum atomic E-state index is -0.0182. The van der Waals surface area contributed by atoms with Crippen LogP contribution in [0.25, 0.3) is 10.9 Å². The summed E-state index contributed by atoms with van der Waals surface area (Å²) in [6.45, 7) is 9.94. The molecule has 1 unspecified atom stereocenters. The number of carbonyl (C=O) groups is 1. The second-order valence-electron chi connectivity index (χ2n) is 7.81. The van der Waals surface area contributed by atoms with Gasteiger partial charge in [0.15, 0.2) is 0 Å². The molecule has 25 heavy (non-hydrogen) atoms. The first-order valence-electron chi connectivity index (χ1n) is 9.42. The van der Waals surface area contributed by atoms with Gasteiger partial charge in [-0.2, -0.15) is 5.10 Å². The van der Waals surface area contributed by atoms with Crippen molar-refractivity contribution in [3.8, 4) is 0 Å². The first kappa shape index (κ1) is 17.9. The van der Waals surface area contributed by atoms with E-state index in [1.807, 2.05) is 30.5 Å². The van der Waals surface area contributed by atoms with Gasteiger partial charge in [0.05, 0.1) is 11.7 Å². The van der Waals surface area contributed by atoms with E-state index in [2.05, 4.69) is 36.1 Å². The van der Waals surface area contributed by atoms with E-state index in [-0.39, 0.29) is 18.0 Å². The average molecular weight is 342 g/mol. The number of nitrogens with zero attached hydrogens (tertiary/aromatic N) is 3. The van der Waals surface area contributed by atoms with E-state index in [0.717, 1.165) is 29.9 Å². The lowest BCUT2D eigenvalue weighted by molar-refractivity contribution is -0.122. The number of benzene rings is 1. The summed E-state index contributed by atoms with van der Waals surface area (Å²) >= 11 is 0. The minimum absolute atomic E-state index is 0.0182. The summed E-state index contributed by atoms with van der Waals surface area (Å²) in [6.07, 6.45) is 5.65. The second kappa shape index (κ2) is 7.56. The molecule has 1 aliphatic heterocycles. The molecule has 1 saturated heterocycles. The van der Waals surface area contributed by atoms with Gasteiger partial charge < -0.3 is 5.32 Å². The number of fused-ring (bicyclic) bond motifs is 1. The van der Waals surface area contributed by atoms with Crippen molar-refractivity contribution in [2.75, 3.05) is 19.6 Å². The third-order valence-corrected chi connectivity index (χ3v) is 5.51. The van der Waals surface area contributed by atoms with Crippen molar-refractivity contribution in [1.82, 2.24) is 20.0 Å². The van der Waals surface area contributed by atoms with Crippen LogP contribution in [0.1, 0.15) is 40.0 Å². The Kier molecular flexibility index (Phi) is 5.42. The number of nitrogens with one attached hydrogen (secondary N) is 1. The zero-order valence-electron chi connectivity index (χ0n) is 15.7. The van der Waals surface area contributed by atoms with E-state index in [4.69, 9.17) is 0 Å². The number of amides is 1. The van der Waals surface area contributed by atoms with Gasteiger partial charge in [0, 0.05) is 24.0 Å². The van der Waals surface area contributed by atoms with Crippen LogP contribution in [-0.4, -0.2) is 45.8 Å². The largest absolute Gasteiger partial charge is 0.353 e. The van der Waals surface area contributed by atoms with Gasteiger partial charge in [-0.3, -0.25) is 14.4 Å². The Morgan fingerprint density at radius 2 is 2.16 bits per heavy atom. The normalized spacial score (nSPS) is 19.2. The molecule has 1 amide bonds. The van der Waals surface area contributed by atoms with Crippen LogP contribution in [0.15, 0.2) is 30.5 Å². The van der Waals surface area contributed by atoms with Gasteiger partial charge in [-0.15, -0.1) is 0 Å². The van der Waals surface area contributed by atoms with Crippen molar-refractivity contribution in [3.05, 3.63) is 30.5 Å². The standard InChI is InChI=1S/C20H30N4O/c1-4-16-8-7-11-23(13-16)20(2,3)15-21-19(25)14-24-18-10-6-5-9-17(18)12-22-24/h5-6,9-10,12,16H,4,7-8,11,13-15H2,1-3H3,(H,21,25). The van der Waals surface area contributed by atoms with Crippen molar-refractivity contribution >= 4 is 16.8 Å². The van der Waals surface area contributed by atoms with Gasteiger partial charge in [-0.25, -0.2) is 0 Å². The van der Waals surface area contributed by atoms with Crippen LogP contribution in [0, 0.1) is 5.92 Å². The van der Waals surface area contributed by atoms with E-state index < -0.39 is 0 Å². The summed E-state index contributed by atoms with van der Waals surface area (Å²) in [5.74, 6) is 0.810. The molecule has 136 valence electrons. The summed E-state index contributed by atoms with van der Waals surface area (Å²) in [6, 6.07) is 7.97. The average Bonchev–Trinajstić information content (AvgIpc) is 3.03. The Labute approximate surface area is 150 Å². The van der Waals surface area contributed by atoms with Gasteiger partial charge in [-0.1, -0.05) is 31.5 Å². The topological polar surface area (TPSA) is 50.2 Å². The lowest BCUT2D eigenvalue weighted by atomic mass is 9.91. The maximum Gasteiger partial charge on any atom is 0.241 e. The maximum atomic E-state index is 12.4. The van der Waals surface area contributed by atoms with Crippen molar-refractivity contribution in [2.24, 2.45) is 5.92 Å². The zero-order valence-corrected chi connectivity index (χ0v) is 15.7. The SMILES string of the molecule is CCC1CCCN(C(C)(C)CNC(=O)Cn2ncc3ccccc32)C1. The number of para-hydroxylation sites is 1. The predicted molar refractivity (Wildman–Crippen MR) is 101 cm³/mol. The lowest BCUT2D eigenvalue weighted by Crippen LogP contribution is -2.55. The smallest absolute Gasteiger partial charge is 0.241 e. The molecule has 1 atom stereocenters. The Balaban J connectivity index is 1.56. The molecule has 3 rings (SSSR count). The summed E-state index contributed by atoms with van der Waals surface area (Å²) < 4.78 is 1.77. The van der Waals surface area contributed by atoms with Gasteiger partial charge in [0.25, 0.3) is 0 Å². The number of aromatic nitrogens is 2. The molecule has 0 aliphatic carbocycles. The third-order valence-electron chi connectivity index (χ3n) is 5.51. The molecule has 2 heterocycles. The van der Waals surface area contributed by atoms with Crippen molar-refractivity contribution < 1.29 is 4.79 Å². The summed E-state index contributed by atoms with van der Waals surface area (Å²) in [4.78, 5) is 14.9. The monoisotopic (exact) mass is 342 g/mol. The van der Waals surface area contributed by atoms with Crippen molar-refractivity contribution in [2.45, 2.75) is 52.1 Å². The van der Waals surface area contributed by atoms with Crippen LogP contribution in [-0.2, 0) is 11.3 Å². The zero-order chi connectivity index (χ0) is 17.9. The summed E-state index contributed by atoms with van der Waals surface area (Å²) in [7, 11) is 0. The number of likely N-dealkylation sites (tertiary alicyclic amines) is 1. The summed E-state index contributed by atoms with van der Waals surface area (Å²) in [5.41, 5.74) is 0.981. The fourth-order valence-electron chi connectivity index (χ4n) is 3.72. The lowest BCUT2D eigenvalue weighted by Gasteiger charge is -2.43. The number of rotatable bonds is 6. The minimum Gasteiger partial charge on any atom is -0.353 e. The number of piperidine rings is 1. The van der Waals surface area contributed by atoms with Crippen molar-refractivity contribution in [1.29, 1.82) is 0 Å². The van der Waals surface area contributed by atoms with Gasteiger partial charge in [0.1, 0.15) is 6.54 Å². The first-order chi connectivity index (χ1) is 12.0. The predicted octanol–water partition coefficient (Wildman–Crippen LogP) is 3.05. The molecule has 0 bridgehead atoms. The Hall–Kier alpha value is -1.88. The molecule has 1 aliphatic rings. The third kappa shape index (κ3) is 4.21. The number of carbonyl (C=O) groups excluding carboxylic acids is 1. The fourth-order valence-corrected chi connectivity index (χ4v) is 3.72. The van der Waals surface area contributed by atoms with E-state index in [1.165, 1.54) is 19.3 Å².